The third-order valence-corrected chi connectivity index (χ3v) is 5.28. The summed E-state index contributed by atoms with van der Waals surface area (Å²) in [7, 11) is 0. The largest absolute Gasteiger partial charge is 0.369 e. The summed E-state index contributed by atoms with van der Waals surface area (Å²) in [6.45, 7) is 1.94. The lowest BCUT2D eigenvalue weighted by Crippen LogP contribution is -2.35. The van der Waals surface area contributed by atoms with E-state index in [-0.39, 0.29) is 11.0 Å². The van der Waals surface area contributed by atoms with Gasteiger partial charge in [0.1, 0.15) is 0 Å². The Balaban J connectivity index is 1.72. The summed E-state index contributed by atoms with van der Waals surface area (Å²) in [6, 6.07) is 12.8. The van der Waals surface area contributed by atoms with Gasteiger partial charge >= 0.3 is 0 Å². The molecule has 0 aromatic heterocycles. The molecule has 1 saturated heterocycles. The van der Waals surface area contributed by atoms with E-state index in [0.717, 1.165) is 41.8 Å². The number of anilines is 2. The highest BCUT2D eigenvalue weighted by atomic mass is 79.9. The molecule has 136 valence electrons. The Morgan fingerprint density at radius 2 is 1.77 bits per heavy atom. The lowest BCUT2D eigenvalue weighted by atomic mass is 10.1. The maximum atomic E-state index is 12.3. The average molecular weight is 453 g/mol. The van der Waals surface area contributed by atoms with E-state index in [1.807, 2.05) is 30.3 Å². The highest BCUT2D eigenvalue weighted by molar-refractivity contribution is 9.10. The van der Waals surface area contributed by atoms with Gasteiger partial charge in [0.25, 0.3) is 5.91 Å². The van der Waals surface area contributed by atoms with Crippen LogP contribution in [0.5, 0.6) is 0 Å². The number of halogens is 2. The predicted molar refractivity (Wildman–Crippen MR) is 115 cm³/mol. The third-order valence-electron chi connectivity index (χ3n) is 4.24. The second-order valence-corrected chi connectivity index (χ2v) is 7.83. The van der Waals surface area contributed by atoms with Crippen molar-refractivity contribution in [1.29, 1.82) is 0 Å². The van der Waals surface area contributed by atoms with Gasteiger partial charge in [-0.2, -0.15) is 0 Å². The minimum atomic E-state index is -0.253. The molecule has 0 radical (unpaired) electrons. The molecule has 3 rings (SSSR count). The van der Waals surface area contributed by atoms with Crippen LogP contribution in [0.15, 0.2) is 46.9 Å². The number of hydrogen-bond donors (Lipinski definition) is 2. The lowest BCUT2D eigenvalue weighted by Gasteiger charge is -2.31. The highest BCUT2D eigenvalue weighted by Crippen LogP contribution is 2.35. The summed E-state index contributed by atoms with van der Waals surface area (Å²) >= 11 is 15.1. The molecule has 1 aliphatic heterocycles. The number of amides is 1. The third kappa shape index (κ3) is 4.75. The van der Waals surface area contributed by atoms with Crippen LogP contribution in [0.25, 0.3) is 0 Å². The van der Waals surface area contributed by atoms with Gasteiger partial charge in [-0.1, -0.05) is 33.6 Å². The Hall–Kier alpha value is -1.63. The fourth-order valence-corrected chi connectivity index (χ4v) is 3.75. The van der Waals surface area contributed by atoms with Gasteiger partial charge in [-0.25, -0.2) is 0 Å². The number of para-hydroxylation sites is 1. The van der Waals surface area contributed by atoms with Crippen molar-refractivity contribution in [2.24, 2.45) is 0 Å². The highest BCUT2D eigenvalue weighted by Gasteiger charge is 2.18. The van der Waals surface area contributed by atoms with Gasteiger partial charge in [-0.3, -0.25) is 10.1 Å². The number of carbonyl (C=O) groups is 1. The summed E-state index contributed by atoms with van der Waals surface area (Å²) < 4.78 is 0.917. The molecular formula is C19H19BrClN3OS. The van der Waals surface area contributed by atoms with E-state index < -0.39 is 0 Å². The topological polar surface area (TPSA) is 44.4 Å². The Morgan fingerprint density at radius 3 is 2.46 bits per heavy atom. The number of piperidine rings is 1. The van der Waals surface area contributed by atoms with Crippen molar-refractivity contribution >= 4 is 62.1 Å². The molecule has 0 aliphatic carbocycles. The first kappa shape index (κ1) is 19.1. The molecule has 0 atom stereocenters. The molecule has 1 fully saturated rings. The van der Waals surface area contributed by atoms with Crippen LogP contribution in [0, 0.1) is 0 Å². The smallest absolute Gasteiger partial charge is 0.257 e. The van der Waals surface area contributed by atoms with Crippen molar-refractivity contribution in [3.8, 4) is 0 Å². The van der Waals surface area contributed by atoms with Gasteiger partial charge in [0.15, 0.2) is 5.11 Å². The first-order chi connectivity index (χ1) is 12.5. The van der Waals surface area contributed by atoms with Crippen LogP contribution in [-0.4, -0.2) is 24.1 Å². The molecule has 7 heteroatoms. The number of thiocarbonyl (C=S) groups is 1. The number of nitrogens with zero attached hydrogens (tertiary/aromatic N) is 1. The molecule has 26 heavy (non-hydrogen) atoms. The molecule has 1 heterocycles. The van der Waals surface area contributed by atoms with Gasteiger partial charge in [0.2, 0.25) is 0 Å². The zero-order chi connectivity index (χ0) is 18.5. The summed E-state index contributed by atoms with van der Waals surface area (Å²) in [6.07, 6.45) is 3.54. The zero-order valence-corrected chi connectivity index (χ0v) is 17.3. The second-order valence-electron chi connectivity index (χ2n) is 6.10. The van der Waals surface area contributed by atoms with E-state index in [9.17, 15) is 4.79 Å². The molecular weight excluding hydrogens is 434 g/mol. The SMILES string of the molecule is O=C(NC(=S)Nc1cccc(Cl)c1N1CCCCC1)c1ccc(Br)cc1. The van der Waals surface area contributed by atoms with Crippen LogP contribution in [0.4, 0.5) is 11.4 Å². The van der Waals surface area contributed by atoms with E-state index in [1.165, 1.54) is 6.42 Å². The van der Waals surface area contributed by atoms with Gasteiger partial charge in [-0.15, -0.1) is 0 Å². The maximum Gasteiger partial charge on any atom is 0.257 e. The summed E-state index contributed by atoms with van der Waals surface area (Å²) in [5.74, 6) is -0.253. The normalized spacial score (nSPS) is 14.0. The van der Waals surface area contributed by atoms with Crippen molar-refractivity contribution in [1.82, 2.24) is 5.32 Å². The standard InChI is InChI=1S/C19H19BrClN3OS/c20-14-9-7-13(8-10-14)18(25)23-19(26)22-16-6-4-5-15(21)17(16)24-11-2-1-3-12-24/h4-10H,1-3,11-12H2,(H2,22,23,25,26). The Morgan fingerprint density at radius 1 is 1.08 bits per heavy atom. The Bertz CT molecular complexity index is 807. The predicted octanol–water partition coefficient (Wildman–Crippen LogP) is 5.22. The van der Waals surface area contributed by atoms with Crippen molar-refractivity contribution in [2.75, 3.05) is 23.3 Å². The van der Waals surface area contributed by atoms with Crippen molar-refractivity contribution < 1.29 is 4.79 Å². The van der Waals surface area contributed by atoms with E-state index in [2.05, 4.69) is 31.5 Å². The number of carbonyl (C=O) groups excluding carboxylic acids is 1. The summed E-state index contributed by atoms with van der Waals surface area (Å²) in [4.78, 5) is 14.6. The Labute approximate surface area is 172 Å². The fraction of sp³-hybridized carbons (Fsp3) is 0.263. The van der Waals surface area contributed by atoms with Gasteiger partial charge in [0.05, 0.1) is 16.4 Å². The monoisotopic (exact) mass is 451 g/mol. The second kappa shape index (κ2) is 8.84. The number of rotatable bonds is 3. The van der Waals surface area contributed by atoms with Gasteiger partial charge < -0.3 is 10.2 Å². The molecule has 0 bridgehead atoms. The van der Waals surface area contributed by atoms with E-state index in [1.54, 1.807) is 12.1 Å². The zero-order valence-electron chi connectivity index (χ0n) is 14.1. The molecule has 2 aromatic carbocycles. The Kier molecular flexibility index (Phi) is 6.51. The molecule has 1 amide bonds. The number of benzene rings is 2. The van der Waals surface area contributed by atoms with E-state index in [0.29, 0.717) is 10.6 Å². The first-order valence-electron chi connectivity index (χ1n) is 8.46. The van der Waals surface area contributed by atoms with Crippen LogP contribution in [0.3, 0.4) is 0 Å². The molecule has 2 N–H and O–H groups in total. The molecule has 0 saturated carbocycles. The van der Waals surface area contributed by atoms with Crippen molar-refractivity contribution in [2.45, 2.75) is 19.3 Å². The summed E-state index contributed by atoms with van der Waals surface area (Å²) in [5.41, 5.74) is 2.29. The quantitative estimate of drug-likeness (QED) is 0.627. The van der Waals surface area contributed by atoms with Crippen LogP contribution >= 0.6 is 39.7 Å². The molecule has 1 aliphatic rings. The summed E-state index contributed by atoms with van der Waals surface area (Å²) in [5, 5.41) is 6.77. The minimum absolute atomic E-state index is 0.249. The van der Waals surface area contributed by atoms with Crippen molar-refractivity contribution in [3.05, 3.63) is 57.5 Å². The van der Waals surface area contributed by atoms with Crippen molar-refractivity contribution in [3.63, 3.8) is 0 Å². The van der Waals surface area contributed by atoms with Crippen LogP contribution in [-0.2, 0) is 0 Å². The maximum absolute atomic E-state index is 12.3. The molecule has 0 unspecified atom stereocenters. The van der Waals surface area contributed by atoms with E-state index in [4.69, 9.17) is 23.8 Å². The van der Waals surface area contributed by atoms with E-state index >= 15 is 0 Å². The average Bonchev–Trinajstić information content (AvgIpc) is 2.63. The molecule has 4 nitrogen and oxygen atoms in total. The van der Waals surface area contributed by atoms with Crippen LogP contribution in [0.2, 0.25) is 5.02 Å². The van der Waals surface area contributed by atoms with Gasteiger partial charge in [-0.05, 0) is 67.9 Å². The molecule has 0 spiro atoms. The lowest BCUT2D eigenvalue weighted by molar-refractivity contribution is 0.0977. The number of nitrogens with one attached hydrogen (secondary N) is 2. The first-order valence-corrected chi connectivity index (χ1v) is 10.0. The minimum Gasteiger partial charge on any atom is -0.369 e. The van der Waals surface area contributed by atoms with Crippen LogP contribution < -0.4 is 15.5 Å². The molecule has 2 aromatic rings. The van der Waals surface area contributed by atoms with Gasteiger partial charge in [0, 0.05) is 23.1 Å². The van der Waals surface area contributed by atoms with Crippen LogP contribution in [0.1, 0.15) is 29.6 Å². The fourth-order valence-electron chi connectivity index (χ4n) is 2.99. The number of hydrogen-bond acceptors (Lipinski definition) is 3.